The second-order valence-corrected chi connectivity index (χ2v) is 18.5. The molecule has 6 aromatic rings. The number of rotatable bonds is 7. The SMILES string of the molecule is CC1(C)c2cc(C3=C4C=CC=CC4CC=C3)ccc2-c2ccc(N(c3ccc(C4=CCCC=C4n4c5c(c6ccccc64)CCC=C5)cc3)c3ccc(C4C=CC=CC4)cc3)cc21. The van der Waals surface area contributed by atoms with E-state index in [4.69, 9.17) is 0 Å². The van der Waals surface area contributed by atoms with E-state index < -0.39 is 0 Å². The van der Waals surface area contributed by atoms with Gasteiger partial charge < -0.3 is 9.47 Å². The van der Waals surface area contributed by atoms with Gasteiger partial charge in [0.2, 0.25) is 0 Å². The van der Waals surface area contributed by atoms with Crippen LogP contribution in [-0.4, -0.2) is 4.57 Å². The van der Waals surface area contributed by atoms with Crippen molar-refractivity contribution in [3.63, 3.8) is 0 Å². The van der Waals surface area contributed by atoms with Crippen LogP contribution in [0.15, 0.2) is 194 Å². The van der Waals surface area contributed by atoms with E-state index in [9.17, 15) is 0 Å². The first-order valence-electron chi connectivity index (χ1n) is 23.1. The molecule has 1 heterocycles. The fraction of sp³-hybridized carbons (Fsp3) is 0.180. The maximum Gasteiger partial charge on any atom is 0.0537 e. The van der Waals surface area contributed by atoms with E-state index in [0.29, 0.717) is 11.8 Å². The molecule has 0 spiro atoms. The molecule has 0 saturated heterocycles. The zero-order valence-corrected chi connectivity index (χ0v) is 36.3. The van der Waals surface area contributed by atoms with Gasteiger partial charge in [-0.2, -0.15) is 0 Å². The molecule has 12 rings (SSSR count). The van der Waals surface area contributed by atoms with E-state index in [-0.39, 0.29) is 5.41 Å². The molecule has 0 fully saturated rings. The summed E-state index contributed by atoms with van der Waals surface area (Å²) in [5.41, 5.74) is 22.2. The van der Waals surface area contributed by atoms with Crippen LogP contribution in [-0.2, 0) is 11.8 Å². The molecule has 0 N–H and O–H groups in total. The van der Waals surface area contributed by atoms with Gasteiger partial charge in [0.25, 0.3) is 0 Å². The molecule has 2 atom stereocenters. The monoisotopic (exact) mass is 812 g/mol. The highest BCUT2D eigenvalue weighted by Gasteiger charge is 2.37. The Morgan fingerprint density at radius 3 is 2.14 bits per heavy atom. The standard InChI is InChI=1S/C61H52N2/c1-61(2)56-39-45(50-23-14-18-43-17-6-7-19-49(43)50)31-37-52(56)53-38-36-48(40-57(53)61)62(46-32-27-42(28-33-46)41-15-4-3-5-16-41)47-34-29-44(30-35-47)51-20-8-11-24-58(51)63-59-25-12-9-21-54(59)55-22-10-13-26-60(55)63/h3-7,9,12-15,17,19-21,23-41,43H,8,10-11,16,18,22H2,1-2H3. The van der Waals surface area contributed by atoms with Crippen LogP contribution in [0.25, 0.3) is 44.9 Å². The van der Waals surface area contributed by atoms with Crippen molar-refractivity contribution in [2.75, 3.05) is 4.90 Å². The quantitative estimate of drug-likeness (QED) is 0.156. The molecule has 2 unspecified atom stereocenters. The fourth-order valence-electron chi connectivity index (χ4n) is 11.3. The van der Waals surface area contributed by atoms with Gasteiger partial charge in [-0.1, -0.05) is 153 Å². The first kappa shape index (κ1) is 37.8. The number of hydrogen-bond donors (Lipinski definition) is 0. The minimum absolute atomic E-state index is 0.171. The summed E-state index contributed by atoms with van der Waals surface area (Å²) in [5, 5.41) is 1.38. The van der Waals surface area contributed by atoms with Crippen LogP contribution in [0.2, 0.25) is 0 Å². The lowest BCUT2D eigenvalue weighted by atomic mass is 9.79. The molecule has 2 nitrogen and oxygen atoms in total. The number of aromatic nitrogens is 1. The van der Waals surface area contributed by atoms with Crippen molar-refractivity contribution in [3.05, 3.63) is 233 Å². The maximum atomic E-state index is 2.53. The summed E-state index contributed by atoms with van der Waals surface area (Å²) in [4.78, 5) is 2.46. The van der Waals surface area contributed by atoms with Crippen LogP contribution in [0, 0.1) is 5.92 Å². The van der Waals surface area contributed by atoms with Gasteiger partial charge in [0.05, 0.1) is 5.52 Å². The zero-order chi connectivity index (χ0) is 42.1. The Morgan fingerprint density at radius 1 is 0.587 bits per heavy atom. The summed E-state index contributed by atoms with van der Waals surface area (Å²) in [6.07, 6.45) is 38.7. The lowest BCUT2D eigenvalue weighted by molar-refractivity contribution is 0.660. The topological polar surface area (TPSA) is 8.17 Å². The number of aryl methyl sites for hydroxylation is 1. The minimum Gasteiger partial charge on any atom is -0.310 e. The molecule has 6 aliphatic rings. The molecular formula is C61H52N2. The molecule has 0 bridgehead atoms. The average molecular weight is 813 g/mol. The number of nitrogens with zero attached hydrogens (tertiary/aromatic N) is 2. The van der Waals surface area contributed by atoms with Crippen LogP contribution < -0.4 is 4.90 Å². The molecule has 6 aliphatic carbocycles. The van der Waals surface area contributed by atoms with E-state index in [0.717, 1.165) is 49.9 Å². The third-order valence-electron chi connectivity index (χ3n) is 14.6. The van der Waals surface area contributed by atoms with E-state index in [1.54, 1.807) is 0 Å². The third-order valence-corrected chi connectivity index (χ3v) is 14.6. The second kappa shape index (κ2) is 15.2. The van der Waals surface area contributed by atoms with Crippen LogP contribution >= 0.6 is 0 Å². The molecule has 306 valence electrons. The van der Waals surface area contributed by atoms with Crippen molar-refractivity contribution in [1.82, 2.24) is 4.57 Å². The van der Waals surface area contributed by atoms with Crippen LogP contribution in [0.4, 0.5) is 17.1 Å². The predicted octanol–water partition coefficient (Wildman–Crippen LogP) is 16.2. The molecular weight excluding hydrogens is 761 g/mol. The van der Waals surface area contributed by atoms with Crippen molar-refractivity contribution >= 4 is 50.9 Å². The Hall–Kier alpha value is -6.90. The summed E-state index contributed by atoms with van der Waals surface area (Å²) in [6, 6.07) is 42.0. The summed E-state index contributed by atoms with van der Waals surface area (Å²) in [5.74, 6) is 0.865. The summed E-state index contributed by atoms with van der Waals surface area (Å²) >= 11 is 0. The highest BCUT2D eigenvalue weighted by atomic mass is 15.1. The first-order valence-corrected chi connectivity index (χ1v) is 23.1. The van der Waals surface area contributed by atoms with Gasteiger partial charge in [-0.3, -0.25) is 0 Å². The van der Waals surface area contributed by atoms with Crippen molar-refractivity contribution in [2.45, 2.75) is 63.7 Å². The molecule has 5 aromatic carbocycles. The number of para-hydroxylation sites is 1. The molecule has 0 radical (unpaired) electrons. The van der Waals surface area contributed by atoms with Gasteiger partial charge in [0.1, 0.15) is 0 Å². The predicted molar refractivity (Wildman–Crippen MR) is 268 cm³/mol. The normalized spacial score (nSPS) is 20.0. The third kappa shape index (κ3) is 6.29. The molecule has 0 saturated carbocycles. The van der Waals surface area contributed by atoms with E-state index >= 15 is 0 Å². The molecule has 0 amide bonds. The number of hydrogen-bond acceptors (Lipinski definition) is 1. The average Bonchev–Trinajstić information content (AvgIpc) is 3.79. The first-order chi connectivity index (χ1) is 31.0. The highest BCUT2D eigenvalue weighted by molar-refractivity contribution is 6.04. The Morgan fingerprint density at radius 2 is 1.30 bits per heavy atom. The van der Waals surface area contributed by atoms with Gasteiger partial charge in [0, 0.05) is 56.7 Å². The van der Waals surface area contributed by atoms with Crippen LogP contribution in [0.3, 0.4) is 0 Å². The smallest absolute Gasteiger partial charge is 0.0537 e. The van der Waals surface area contributed by atoms with Crippen molar-refractivity contribution in [1.29, 1.82) is 0 Å². The van der Waals surface area contributed by atoms with E-state index in [1.165, 1.54) is 89.2 Å². The summed E-state index contributed by atoms with van der Waals surface area (Å²) in [6.45, 7) is 4.82. The van der Waals surface area contributed by atoms with Crippen molar-refractivity contribution in [3.8, 4) is 11.1 Å². The molecule has 63 heavy (non-hydrogen) atoms. The Labute approximate surface area is 372 Å². The Kier molecular flexibility index (Phi) is 9.11. The van der Waals surface area contributed by atoms with Gasteiger partial charge >= 0.3 is 0 Å². The Bertz CT molecular complexity index is 3120. The van der Waals surface area contributed by atoms with Crippen LogP contribution in [0.1, 0.15) is 90.9 Å². The lowest BCUT2D eigenvalue weighted by Crippen LogP contribution is -2.17. The highest BCUT2D eigenvalue weighted by Crippen LogP contribution is 2.52. The molecule has 1 aromatic heterocycles. The molecule has 2 heteroatoms. The van der Waals surface area contributed by atoms with Crippen molar-refractivity contribution < 1.29 is 0 Å². The number of allylic oxidation sites excluding steroid dienone is 17. The lowest BCUT2D eigenvalue weighted by Gasteiger charge is -2.29. The summed E-state index contributed by atoms with van der Waals surface area (Å²) < 4.78 is 2.53. The van der Waals surface area contributed by atoms with Gasteiger partial charge in [-0.25, -0.2) is 0 Å². The van der Waals surface area contributed by atoms with Gasteiger partial charge in [-0.05, 0) is 149 Å². The van der Waals surface area contributed by atoms with E-state index in [1.807, 2.05) is 0 Å². The molecule has 0 aliphatic heterocycles. The Balaban J connectivity index is 0.927. The maximum absolute atomic E-state index is 2.53. The number of benzene rings is 5. The number of anilines is 3. The number of fused-ring (bicyclic) bond motifs is 7. The van der Waals surface area contributed by atoms with Gasteiger partial charge in [-0.15, -0.1) is 0 Å². The largest absolute Gasteiger partial charge is 0.310 e. The van der Waals surface area contributed by atoms with Crippen molar-refractivity contribution in [2.24, 2.45) is 5.92 Å². The summed E-state index contributed by atoms with van der Waals surface area (Å²) in [7, 11) is 0. The van der Waals surface area contributed by atoms with Crippen LogP contribution in [0.5, 0.6) is 0 Å². The van der Waals surface area contributed by atoms with Gasteiger partial charge in [0.15, 0.2) is 0 Å². The zero-order valence-electron chi connectivity index (χ0n) is 36.3. The minimum atomic E-state index is -0.171. The fourth-order valence-corrected chi connectivity index (χ4v) is 11.3. The van der Waals surface area contributed by atoms with E-state index in [2.05, 4.69) is 218 Å². The second-order valence-electron chi connectivity index (χ2n) is 18.5.